The number of nitrogens with one attached hydrogen (secondary N) is 2. The number of aliphatic hydroxyl groups excluding tert-OH is 1. The Morgan fingerprint density at radius 2 is 1.61 bits per heavy atom. The van der Waals surface area contributed by atoms with Gasteiger partial charge in [-0.15, -0.1) is 12.8 Å². The Balaban J connectivity index is 0.000000253. The van der Waals surface area contributed by atoms with E-state index in [1.54, 1.807) is 6.07 Å². The molecule has 0 saturated heterocycles. The number of hydrogen-bond donors (Lipinski definition) is 4. The van der Waals surface area contributed by atoms with E-state index in [0.29, 0.717) is 17.1 Å². The number of terminal acetylenes is 1. The standard InChI is InChI=1S/C19H16N4O.C9H12O.C2H2/c1-11-9-13(12-5-3-2-4-6-12)10-15-17(11)23-18(22-15)16-14(20)7-8-21-19(16)24;10-8-4-7-9-5-2-1-3-6-9;1-2/h2-10H,1H3,(H,22,23)(H3,20,21,24);1-3,5-6,10H,4,7-8H2;1-2H. The number of nitrogens with two attached hydrogens (primary N) is 1. The fourth-order valence-electron chi connectivity index (χ4n) is 3.87. The number of aryl methyl sites for hydroxylation is 2. The number of nitrogen functional groups attached to an aromatic ring is 1. The monoisotopic (exact) mass is 478 g/mol. The smallest absolute Gasteiger partial charge is 0.261 e. The Kier molecular flexibility index (Phi) is 9.21. The molecule has 0 saturated carbocycles. The Morgan fingerprint density at radius 1 is 0.944 bits per heavy atom. The number of anilines is 1. The molecule has 5 N–H and O–H groups in total. The Bertz CT molecular complexity index is 1470. The second kappa shape index (κ2) is 12.7. The average molecular weight is 479 g/mol. The van der Waals surface area contributed by atoms with Gasteiger partial charge in [-0.05, 0) is 60.2 Å². The van der Waals surface area contributed by atoms with Crippen LogP contribution < -0.4 is 11.3 Å². The van der Waals surface area contributed by atoms with Gasteiger partial charge in [0.15, 0.2) is 0 Å². The predicted octanol–water partition coefficient (Wildman–Crippen LogP) is 5.34. The van der Waals surface area contributed by atoms with E-state index in [1.807, 2.05) is 49.4 Å². The Hall–Kier alpha value is -4.60. The zero-order valence-electron chi connectivity index (χ0n) is 20.2. The molecule has 3 aromatic carbocycles. The van der Waals surface area contributed by atoms with Crippen molar-refractivity contribution in [2.75, 3.05) is 12.3 Å². The molecule has 6 heteroatoms. The number of imidazole rings is 1. The number of aliphatic hydroxyl groups is 1. The van der Waals surface area contributed by atoms with Gasteiger partial charge in [-0.2, -0.15) is 0 Å². The molecule has 2 heterocycles. The van der Waals surface area contributed by atoms with Gasteiger partial charge in [0.05, 0.1) is 11.0 Å². The number of benzene rings is 3. The average Bonchev–Trinajstić information content (AvgIpc) is 3.34. The topological polar surface area (TPSA) is 108 Å². The molecule has 0 aliphatic heterocycles. The van der Waals surface area contributed by atoms with E-state index in [1.165, 1.54) is 11.8 Å². The van der Waals surface area contributed by atoms with Crippen LogP contribution in [0.25, 0.3) is 33.5 Å². The fourth-order valence-corrected chi connectivity index (χ4v) is 3.87. The van der Waals surface area contributed by atoms with Gasteiger partial charge in [0, 0.05) is 18.5 Å². The normalized spacial score (nSPS) is 10.1. The second-order valence-electron chi connectivity index (χ2n) is 8.09. The molecule has 5 aromatic rings. The van der Waals surface area contributed by atoms with Crippen LogP contribution >= 0.6 is 0 Å². The third kappa shape index (κ3) is 6.29. The summed E-state index contributed by atoms with van der Waals surface area (Å²) in [6, 6.07) is 26.2. The third-order valence-corrected chi connectivity index (χ3v) is 5.58. The van der Waals surface area contributed by atoms with Crippen molar-refractivity contribution in [3.05, 3.63) is 107 Å². The van der Waals surface area contributed by atoms with E-state index in [-0.39, 0.29) is 12.2 Å². The highest BCUT2D eigenvalue weighted by Crippen LogP contribution is 2.29. The van der Waals surface area contributed by atoms with Crippen molar-refractivity contribution in [1.29, 1.82) is 0 Å². The maximum atomic E-state index is 12.1. The van der Waals surface area contributed by atoms with E-state index in [9.17, 15) is 4.79 Å². The lowest BCUT2D eigenvalue weighted by atomic mass is 10.0. The summed E-state index contributed by atoms with van der Waals surface area (Å²) in [4.78, 5) is 22.6. The van der Waals surface area contributed by atoms with Crippen LogP contribution in [0.4, 0.5) is 5.69 Å². The number of aromatic nitrogens is 3. The van der Waals surface area contributed by atoms with Gasteiger partial charge in [-0.3, -0.25) is 4.79 Å². The van der Waals surface area contributed by atoms with E-state index >= 15 is 0 Å². The lowest BCUT2D eigenvalue weighted by Crippen LogP contribution is -2.11. The molecule has 6 nitrogen and oxygen atoms in total. The van der Waals surface area contributed by atoms with Crippen molar-refractivity contribution in [1.82, 2.24) is 15.0 Å². The molecule has 0 spiro atoms. The first kappa shape index (κ1) is 26.0. The first-order valence-corrected chi connectivity index (χ1v) is 11.6. The zero-order valence-corrected chi connectivity index (χ0v) is 20.2. The van der Waals surface area contributed by atoms with Crippen LogP contribution in [0.2, 0.25) is 0 Å². The van der Waals surface area contributed by atoms with Crippen LogP contribution in [0.3, 0.4) is 0 Å². The first-order valence-electron chi connectivity index (χ1n) is 11.6. The highest BCUT2D eigenvalue weighted by molar-refractivity contribution is 5.88. The molecule has 0 aliphatic rings. The number of pyridine rings is 1. The van der Waals surface area contributed by atoms with Gasteiger partial charge in [-0.1, -0.05) is 60.7 Å². The molecule has 0 atom stereocenters. The largest absolute Gasteiger partial charge is 0.398 e. The highest BCUT2D eigenvalue weighted by atomic mass is 16.2. The molecular formula is C30H30N4O2. The summed E-state index contributed by atoms with van der Waals surface area (Å²) >= 11 is 0. The maximum absolute atomic E-state index is 12.1. The Morgan fingerprint density at radius 3 is 2.25 bits per heavy atom. The molecule has 0 fully saturated rings. The third-order valence-electron chi connectivity index (χ3n) is 5.58. The summed E-state index contributed by atoms with van der Waals surface area (Å²) in [6.07, 6.45) is 11.4. The minimum atomic E-state index is -0.255. The summed E-state index contributed by atoms with van der Waals surface area (Å²) < 4.78 is 0. The van der Waals surface area contributed by atoms with Crippen molar-refractivity contribution in [2.45, 2.75) is 19.8 Å². The molecule has 182 valence electrons. The SMILES string of the molecule is C#C.Cc1cc(-c2ccccc2)cc2[nH]c(-c3c(N)cc[nH]c3=O)nc12.OCCCc1ccccc1. The summed E-state index contributed by atoms with van der Waals surface area (Å²) in [5.74, 6) is 0.484. The molecule has 2 aromatic heterocycles. The van der Waals surface area contributed by atoms with Gasteiger partial charge in [0.1, 0.15) is 11.4 Å². The number of fused-ring (bicyclic) bond motifs is 1. The van der Waals surface area contributed by atoms with Crippen LogP contribution in [0.15, 0.2) is 89.9 Å². The van der Waals surface area contributed by atoms with Crippen LogP contribution in [-0.4, -0.2) is 26.7 Å². The lowest BCUT2D eigenvalue weighted by Gasteiger charge is -2.03. The first-order chi connectivity index (χ1) is 17.6. The second-order valence-corrected chi connectivity index (χ2v) is 8.09. The van der Waals surface area contributed by atoms with Crippen LogP contribution in [0.1, 0.15) is 17.5 Å². The van der Waals surface area contributed by atoms with Crippen molar-refractivity contribution >= 4 is 16.7 Å². The molecular weight excluding hydrogens is 448 g/mol. The van der Waals surface area contributed by atoms with E-state index in [4.69, 9.17) is 10.8 Å². The zero-order chi connectivity index (χ0) is 25.9. The minimum Gasteiger partial charge on any atom is -0.398 e. The number of nitrogens with zero attached hydrogens (tertiary/aromatic N) is 1. The van der Waals surface area contributed by atoms with Gasteiger partial charge in [0.2, 0.25) is 0 Å². The number of rotatable bonds is 5. The van der Waals surface area contributed by atoms with Gasteiger partial charge in [-0.25, -0.2) is 4.98 Å². The van der Waals surface area contributed by atoms with Crippen LogP contribution in [0, 0.1) is 19.8 Å². The van der Waals surface area contributed by atoms with Gasteiger partial charge in [0.25, 0.3) is 5.56 Å². The van der Waals surface area contributed by atoms with Gasteiger partial charge < -0.3 is 20.8 Å². The van der Waals surface area contributed by atoms with E-state index < -0.39 is 0 Å². The Labute approximate surface area is 210 Å². The van der Waals surface area contributed by atoms with E-state index in [0.717, 1.165) is 40.6 Å². The van der Waals surface area contributed by atoms with Crippen molar-refractivity contribution in [3.63, 3.8) is 0 Å². The molecule has 36 heavy (non-hydrogen) atoms. The summed E-state index contributed by atoms with van der Waals surface area (Å²) in [5, 5.41) is 8.53. The van der Waals surface area contributed by atoms with Crippen molar-refractivity contribution in [3.8, 4) is 35.4 Å². The van der Waals surface area contributed by atoms with Crippen molar-refractivity contribution in [2.24, 2.45) is 0 Å². The molecule has 0 amide bonds. The van der Waals surface area contributed by atoms with Crippen LogP contribution in [-0.2, 0) is 6.42 Å². The summed E-state index contributed by atoms with van der Waals surface area (Å²) in [5.41, 5.74) is 12.8. The number of aromatic amines is 2. The molecule has 0 radical (unpaired) electrons. The molecule has 0 bridgehead atoms. The molecule has 5 rings (SSSR count). The number of hydrogen-bond acceptors (Lipinski definition) is 4. The quantitative estimate of drug-likeness (QED) is 0.256. The van der Waals surface area contributed by atoms with E-state index in [2.05, 4.69) is 58.1 Å². The molecule has 0 unspecified atom stereocenters. The fraction of sp³-hybridized carbons (Fsp3) is 0.133. The summed E-state index contributed by atoms with van der Waals surface area (Å²) in [7, 11) is 0. The highest BCUT2D eigenvalue weighted by Gasteiger charge is 2.14. The lowest BCUT2D eigenvalue weighted by molar-refractivity contribution is 0.288. The molecule has 0 aliphatic carbocycles. The predicted molar refractivity (Wildman–Crippen MR) is 148 cm³/mol. The summed E-state index contributed by atoms with van der Waals surface area (Å²) in [6.45, 7) is 2.30. The van der Waals surface area contributed by atoms with Crippen LogP contribution in [0.5, 0.6) is 0 Å². The number of H-pyrrole nitrogens is 2. The minimum absolute atomic E-state index is 0.255. The maximum Gasteiger partial charge on any atom is 0.261 e. The van der Waals surface area contributed by atoms with Gasteiger partial charge >= 0.3 is 0 Å². The van der Waals surface area contributed by atoms with Crippen molar-refractivity contribution < 1.29 is 5.11 Å².